The minimum Gasteiger partial charge on any atom is -0.245 e. The maximum absolute atomic E-state index is 3.52. The van der Waals surface area contributed by atoms with Gasteiger partial charge in [-0.2, -0.15) is 0 Å². The summed E-state index contributed by atoms with van der Waals surface area (Å²) in [6.07, 6.45) is 21.2. The van der Waals surface area contributed by atoms with Crippen molar-refractivity contribution in [1.82, 2.24) is 4.98 Å². The number of hydrogen-bond acceptors (Lipinski definition) is 0. The highest BCUT2D eigenvalue weighted by Gasteiger charge is 2.14. The highest BCUT2D eigenvalue weighted by molar-refractivity contribution is 5.03. The minimum atomic E-state index is 1.20. The largest absolute Gasteiger partial charge is 0.254 e. The molecule has 0 saturated heterocycles. The Kier molecular flexibility index (Phi) is 12.0. The van der Waals surface area contributed by atoms with Crippen molar-refractivity contribution in [2.24, 2.45) is 7.05 Å². The summed E-state index contributed by atoms with van der Waals surface area (Å²) in [6.45, 7) is 6.66. The summed E-state index contributed by atoms with van der Waals surface area (Å²) in [4.78, 5) is 3.52. The van der Waals surface area contributed by atoms with Crippen molar-refractivity contribution in [3.8, 4) is 0 Å². The van der Waals surface area contributed by atoms with Gasteiger partial charge in [0.15, 0.2) is 0 Å². The Morgan fingerprint density at radius 2 is 1.08 bits per heavy atom. The minimum absolute atomic E-state index is 1.20. The molecule has 1 heterocycles. The van der Waals surface area contributed by atoms with Gasteiger partial charge in [0.05, 0.1) is 7.05 Å². The maximum Gasteiger partial charge on any atom is 0.254 e. The summed E-state index contributed by atoms with van der Waals surface area (Å²) in [6, 6.07) is 0. The number of rotatable bonds is 15. The number of nitrogens with zero attached hydrogens (tertiary/aromatic N) is 1. The van der Waals surface area contributed by atoms with E-state index in [1.807, 2.05) is 0 Å². The number of H-pyrrole nitrogens is 1. The van der Waals surface area contributed by atoms with Crippen LogP contribution in [0.15, 0.2) is 0 Å². The summed E-state index contributed by atoms with van der Waals surface area (Å²) in [5, 5.41) is 0. The molecule has 2 nitrogen and oxygen atoms in total. The Bertz CT molecular complexity index is 420. The number of imidazole rings is 1. The Morgan fingerprint density at radius 3 is 1.46 bits per heavy atom. The van der Waals surface area contributed by atoms with Crippen LogP contribution in [0.2, 0.25) is 0 Å². The standard InChI is InChI=1S/C22H42N2/c1-5-6-7-8-9-10-11-12-13-14-15-16-17-18-19-22-23-20(2)21(3)24(22)4/h5-19H2,1-4H3/p+1. The molecule has 24 heavy (non-hydrogen) atoms. The highest BCUT2D eigenvalue weighted by atomic mass is 15.1. The Hall–Kier alpha value is -0.790. The van der Waals surface area contributed by atoms with Crippen molar-refractivity contribution < 1.29 is 4.57 Å². The van der Waals surface area contributed by atoms with Crippen molar-refractivity contribution in [2.75, 3.05) is 0 Å². The van der Waals surface area contributed by atoms with Gasteiger partial charge in [0.25, 0.3) is 5.82 Å². The molecule has 0 aromatic carbocycles. The molecule has 0 unspecified atom stereocenters. The van der Waals surface area contributed by atoms with Crippen LogP contribution in [0.4, 0.5) is 0 Å². The summed E-state index contributed by atoms with van der Waals surface area (Å²) < 4.78 is 2.32. The van der Waals surface area contributed by atoms with Gasteiger partial charge in [0, 0.05) is 20.3 Å². The first-order valence-electron chi connectivity index (χ1n) is 10.7. The predicted octanol–water partition coefficient (Wildman–Crippen LogP) is 6.48. The Labute approximate surface area is 151 Å². The van der Waals surface area contributed by atoms with E-state index in [2.05, 4.69) is 37.4 Å². The summed E-state index contributed by atoms with van der Waals surface area (Å²) >= 11 is 0. The third-order valence-corrected chi connectivity index (χ3v) is 5.55. The number of hydrogen-bond donors (Lipinski definition) is 1. The molecular weight excluding hydrogens is 292 g/mol. The van der Waals surface area contributed by atoms with E-state index in [0.29, 0.717) is 0 Å². The van der Waals surface area contributed by atoms with Crippen LogP contribution in [-0.4, -0.2) is 4.98 Å². The Balaban J connectivity index is 1.85. The molecule has 0 saturated carbocycles. The molecule has 0 aliphatic heterocycles. The molecule has 1 N–H and O–H groups in total. The van der Waals surface area contributed by atoms with E-state index in [9.17, 15) is 0 Å². The van der Waals surface area contributed by atoms with Gasteiger partial charge >= 0.3 is 0 Å². The topological polar surface area (TPSA) is 19.7 Å². The predicted molar refractivity (Wildman–Crippen MR) is 105 cm³/mol. The molecule has 1 aromatic rings. The lowest BCUT2D eigenvalue weighted by atomic mass is 10.0. The first kappa shape index (κ1) is 21.3. The lowest BCUT2D eigenvalue weighted by molar-refractivity contribution is -0.683. The quantitative estimate of drug-likeness (QED) is 0.279. The number of aryl methyl sites for hydroxylation is 2. The molecule has 0 amide bonds. The molecular formula is C22H43N2+. The van der Waals surface area contributed by atoms with Crippen molar-refractivity contribution in [3.05, 3.63) is 17.2 Å². The zero-order chi connectivity index (χ0) is 17.6. The van der Waals surface area contributed by atoms with Crippen molar-refractivity contribution in [3.63, 3.8) is 0 Å². The lowest BCUT2D eigenvalue weighted by Crippen LogP contribution is -2.34. The van der Waals surface area contributed by atoms with Gasteiger partial charge in [0.1, 0.15) is 11.4 Å². The zero-order valence-corrected chi connectivity index (χ0v) is 17.1. The van der Waals surface area contributed by atoms with Gasteiger partial charge in [-0.1, -0.05) is 90.4 Å². The van der Waals surface area contributed by atoms with Crippen LogP contribution in [-0.2, 0) is 13.5 Å². The molecule has 2 heteroatoms. The molecule has 1 rings (SSSR count). The van der Waals surface area contributed by atoms with Gasteiger partial charge in [-0.25, -0.2) is 9.55 Å². The van der Waals surface area contributed by atoms with Crippen molar-refractivity contribution in [1.29, 1.82) is 0 Å². The fourth-order valence-corrected chi connectivity index (χ4v) is 3.56. The van der Waals surface area contributed by atoms with Gasteiger partial charge in [0.2, 0.25) is 0 Å². The third-order valence-electron chi connectivity index (χ3n) is 5.55. The first-order valence-corrected chi connectivity index (χ1v) is 10.7. The van der Waals surface area contributed by atoms with Crippen LogP contribution in [0.1, 0.15) is 114 Å². The summed E-state index contributed by atoms with van der Waals surface area (Å²) in [5.41, 5.74) is 2.69. The number of unbranched alkanes of at least 4 members (excludes halogenated alkanes) is 13. The van der Waals surface area contributed by atoms with E-state index in [4.69, 9.17) is 0 Å². The van der Waals surface area contributed by atoms with Crippen molar-refractivity contribution in [2.45, 2.75) is 117 Å². The second-order valence-electron chi connectivity index (χ2n) is 7.69. The van der Waals surface area contributed by atoms with Gasteiger partial charge < -0.3 is 0 Å². The van der Waals surface area contributed by atoms with Gasteiger partial charge in [-0.15, -0.1) is 0 Å². The maximum atomic E-state index is 3.52. The normalized spacial score (nSPS) is 11.3. The highest BCUT2D eigenvalue weighted by Crippen LogP contribution is 2.13. The second-order valence-corrected chi connectivity index (χ2v) is 7.69. The van der Waals surface area contributed by atoms with E-state index >= 15 is 0 Å². The van der Waals surface area contributed by atoms with Gasteiger partial charge in [-0.3, -0.25) is 0 Å². The van der Waals surface area contributed by atoms with E-state index in [-0.39, 0.29) is 0 Å². The van der Waals surface area contributed by atoms with Crippen molar-refractivity contribution >= 4 is 0 Å². The average Bonchev–Trinajstić information content (AvgIpc) is 2.82. The molecule has 0 aliphatic rings. The molecule has 0 fully saturated rings. The zero-order valence-electron chi connectivity index (χ0n) is 17.1. The molecule has 0 spiro atoms. The molecule has 0 aliphatic carbocycles. The fourth-order valence-electron chi connectivity index (χ4n) is 3.56. The monoisotopic (exact) mass is 335 g/mol. The molecule has 0 bridgehead atoms. The number of nitrogens with one attached hydrogen (secondary N) is 1. The number of aromatic nitrogens is 2. The van der Waals surface area contributed by atoms with Gasteiger partial charge in [-0.05, 0) is 6.42 Å². The van der Waals surface area contributed by atoms with E-state index < -0.39 is 0 Å². The average molecular weight is 336 g/mol. The third kappa shape index (κ3) is 8.89. The van der Waals surface area contributed by atoms with Crippen LogP contribution in [0.25, 0.3) is 0 Å². The smallest absolute Gasteiger partial charge is 0.245 e. The van der Waals surface area contributed by atoms with Crippen LogP contribution < -0.4 is 4.57 Å². The van der Waals surface area contributed by atoms with E-state index in [1.165, 1.54) is 114 Å². The van der Waals surface area contributed by atoms with E-state index in [0.717, 1.165) is 0 Å². The molecule has 0 radical (unpaired) electrons. The molecule has 140 valence electrons. The fraction of sp³-hybridized carbons (Fsp3) is 0.864. The Morgan fingerprint density at radius 1 is 0.667 bits per heavy atom. The van der Waals surface area contributed by atoms with Crippen LogP contribution in [0.5, 0.6) is 0 Å². The summed E-state index contributed by atoms with van der Waals surface area (Å²) in [7, 11) is 2.18. The van der Waals surface area contributed by atoms with Crippen LogP contribution in [0.3, 0.4) is 0 Å². The number of aromatic amines is 1. The van der Waals surface area contributed by atoms with Crippen LogP contribution in [0, 0.1) is 13.8 Å². The summed E-state index contributed by atoms with van der Waals surface area (Å²) in [5.74, 6) is 1.39. The van der Waals surface area contributed by atoms with Crippen LogP contribution >= 0.6 is 0 Å². The van der Waals surface area contributed by atoms with E-state index in [1.54, 1.807) is 0 Å². The lowest BCUT2D eigenvalue weighted by Gasteiger charge is -2.03. The SMILES string of the molecule is CCCCCCCCCCCCCCCCc1[nH]c(C)c(C)[n+]1C. The first-order chi connectivity index (χ1) is 11.7. The molecule has 0 atom stereocenters. The second kappa shape index (κ2) is 13.5. The molecule has 1 aromatic heterocycles.